The van der Waals surface area contributed by atoms with Crippen molar-refractivity contribution in [1.82, 2.24) is 5.32 Å². The lowest BCUT2D eigenvalue weighted by molar-refractivity contribution is -0.302. The van der Waals surface area contributed by atoms with Crippen LogP contribution in [0, 0.1) is 0 Å². The molecule has 1 rings (SSSR count). The molecule has 0 aliphatic carbocycles. The standard InChI is InChI=1S/C66H119NO10/c1-3-5-7-9-11-13-14-15-16-28-31-34-38-42-46-50-54-62(71)75-55-51-47-43-39-35-32-29-26-24-22-20-18-17-19-21-23-25-27-30-33-37-41-45-49-53-61(70)67-58(59(69)52-48-44-40-36-12-10-8-6-4-2)57-76-66-65(74)64(73)63(72)60(56-68)77-66/h4,6,12,16,19,21,28,36,48,52,58-60,63-66,68-69,72-74H,3,5,7-11,13-15,17-18,20,22-27,29-35,37-47,49-51,53-57H2,1-2H3,(H,67,70)/b6-4+,21-19-,28-16-,36-12+,52-48+. The van der Waals surface area contributed by atoms with Crippen molar-refractivity contribution >= 4 is 11.9 Å². The van der Waals surface area contributed by atoms with Crippen LogP contribution in [0.1, 0.15) is 284 Å². The molecule has 1 heterocycles. The summed E-state index contributed by atoms with van der Waals surface area (Å²) >= 11 is 0. The summed E-state index contributed by atoms with van der Waals surface area (Å²) in [6.45, 7) is 4.08. The molecule has 11 heteroatoms. The molecule has 1 saturated heterocycles. The summed E-state index contributed by atoms with van der Waals surface area (Å²) in [6.07, 6.45) is 62.2. The van der Waals surface area contributed by atoms with E-state index in [1.165, 1.54) is 180 Å². The zero-order chi connectivity index (χ0) is 55.9. The third-order valence-electron chi connectivity index (χ3n) is 14.9. The molecular weight excluding hydrogens is 967 g/mol. The van der Waals surface area contributed by atoms with Crippen molar-refractivity contribution in [1.29, 1.82) is 0 Å². The molecule has 77 heavy (non-hydrogen) atoms. The van der Waals surface area contributed by atoms with Crippen molar-refractivity contribution in [2.45, 2.75) is 326 Å². The van der Waals surface area contributed by atoms with Gasteiger partial charge >= 0.3 is 5.97 Å². The third kappa shape index (κ3) is 44.8. The van der Waals surface area contributed by atoms with Crippen molar-refractivity contribution in [3.63, 3.8) is 0 Å². The van der Waals surface area contributed by atoms with Gasteiger partial charge in [0.15, 0.2) is 6.29 Å². The number of aliphatic hydroxyl groups is 5. The molecule has 0 aromatic heterocycles. The average molecular weight is 1090 g/mol. The summed E-state index contributed by atoms with van der Waals surface area (Å²) in [5.74, 6) is -0.212. The van der Waals surface area contributed by atoms with Crippen LogP contribution in [0.2, 0.25) is 0 Å². The first-order chi connectivity index (χ1) is 37.7. The lowest BCUT2D eigenvalue weighted by Gasteiger charge is -2.40. The van der Waals surface area contributed by atoms with Crippen LogP contribution in [0.25, 0.3) is 0 Å². The Kier molecular flexibility index (Phi) is 52.0. The van der Waals surface area contributed by atoms with Crippen LogP contribution in [0.15, 0.2) is 60.8 Å². The van der Waals surface area contributed by atoms with E-state index < -0.39 is 49.5 Å². The van der Waals surface area contributed by atoms with Crippen LogP contribution in [-0.4, -0.2) is 100 Å². The minimum atomic E-state index is -1.58. The highest BCUT2D eigenvalue weighted by Crippen LogP contribution is 2.23. The summed E-state index contributed by atoms with van der Waals surface area (Å²) in [4.78, 5) is 25.1. The number of unbranched alkanes of at least 4 members (excludes halogenated alkanes) is 34. The summed E-state index contributed by atoms with van der Waals surface area (Å²) in [5, 5.41) is 54.2. The molecular formula is C66H119NO10. The van der Waals surface area contributed by atoms with Gasteiger partial charge in [-0.2, -0.15) is 0 Å². The van der Waals surface area contributed by atoms with Crippen LogP contribution in [0.3, 0.4) is 0 Å². The maximum absolute atomic E-state index is 13.0. The molecule has 1 amide bonds. The van der Waals surface area contributed by atoms with Gasteiger partial charge in [-0.3, -0.25) is 9.59 Å². The maximum Gasteiger partial charge on any atom is 0.305 e. The summed E-state index contributed by atoms with van der Waals surface area (Å²) < 4.78 is 16.7. The fraction of sp³-hybridized carbons (Fsp3) is 0.818. The van der Waals surface area contributed by atoms with Crippen LogP contribution < -0.4 is 5.32 Å². The van der Waals surface area contributed by atoms with Crippen molar-refractivity contribution in [3.8, 4) is 0 Å². The minimum Gasteiger partial charge on any atom is -0.466 e. The van der Waals surface area contributed by atoms with E-state index in [2.05, 4.69) is 54.8 Å². The molecule has 0 bridgehead atoms. The number of allylic oxidation sites excluding steroid dienone is 9. The number of nitrogens with one attached hydrogen (secondary N) is 1. The van der Waals surface area contributed by atoms with Crippen molar-refractivity contribution in [3.05, 3.63) is 60.8 Å². The Hall–Kier alpha value is -2.64. The Balaban J connectivity index is 1.97. The highest BCUT2D eigenvalue weighted by molar-refractivity contribution is 5.76. The van der Waals surface area contributed by atoms with Gasteiger partial charge in [-0.05, 0) is 103 Å². The molecule has 0 radical (unpaired) electrons. The van der Waals surface area contributed by atoms with Crippen LogP contribution in [0.5, 0.6) is 0 Å². The maximum atomic E-state index is 13.0. The van der Waals surface area contributed by atoms with Gasteiger partial charge in [-0.25, -0.2) is 0 Å². The van der Waals surface area contributed by atoms with Gasteiger partial charge in [-0.1, -0.05) is 228 Å². The predicted octanol–water partition coefficient (Wildman–Crippen LogP) is 15.4. The lowest BCUT2D eigenvalue weighted by atomic mass is 9.99. The van der Waals surface area contributed by atoms with E-state index in [0.29, 0.717) is 19.4 Å². The highest BCUT2D eigenvalue weighted by atomic mass is 16.7. The lowest BCUT2D eigenvalue weighted by Crippen LogP contribution is -2.60. The van der Waals surface area contributed by atoms with Gasteiger partial charge in [0.05, 0.1) is 32.0 Å². The number of hydrogen-bond acceptors (Lipinski definition) is 10. The Morgan fingerprint density at radius 2 is 0.896 bits per heavy atom. The molecule has 7 unspecified atom stereocenters. The monoisotopic (exact) mass is 1090 g/mol. The average Bonchev–Trinajstić information content (AvgIpc) is 3.43. The molecule has 448 valence electrons. The second-order valence-electron chi connectivity index (χ2n) is 22.1. The topological polar surface area (TPSA) is 175 Å². The van der Waals surface area contributed by atoms with Crippen molar-refractivity contribution in [2.75, 3.05) is 19.8 Å². The predicted molar refractivity (Wildman–Crippen MR) is 320 cm³/mol. The zero-order valence-electron chi connectivity index (χ0n) is 49.4. The number of aliphatic hydroxyl groups excluding tert-OH is 5. The molecule has 1 fully saturated rings. The van der Waals surface area contributed by atoms with Gasteiger partial charge < -0.3 is 45.1 Å². The second-order valence-corrected chi connectivity index (χ2v) is 22.1. The number of rotatable bonds is 55. The van der Waals surface area contributed by atoms with Gasteiger partial charge in [0, 0.05) is 12.8 Å². The molecule has 0 spiro atoms. The van der Waals surface area contributed by atoms with E-state index in [1.807, 2.05) is 19.1 Å². The number of carbonyl (C=O) groups is 2. The first kappa shape index (κ1) is 72.4. The molecule has 0 aromatic rings. The molecule has 7 atom stereocenters. The van der Waals surface area contributed by atoms with Crippen LogP contribution in [-0.2, 0) is 23.8 Å². The number of esters is 1. The SMILES string of the molecule is C/C=C/CC/C=C/CC/C=C/C(O)C(COC1OC(CO)C(O)C(O)C1O)NC(=O)CCCCCCCCCC/C=C\CCCCCCCCCCCCCCOC(=O)CCCCCCC/C=C\CCCCCCCCC. The summed E-state index contributed by atoms with van der Waals surface area (Å²) in [6, 6.07) is -0.838. The van der Waals surface area contributed by atoms with Crippen LogP contribution >= 0.6 is 0 Å². The quantitative estimate of drug-likeness (QED) is 0.0195. The largest absolute Gasteiger partial charge is 0.466 e. The fourth-order valence-electron chi connectivity index (χ4n) is 9.82. The van der Waals surface area contributed by atoms with Gasteiger partial charge in [0.2, 0.25) is 5.91 Å². The Morgan fingerprint density at radius 3 is 1.36 bits per heavy atom. The number of amides is 1. The molecule has 11 nitrogen and oxygen atoms in total. The second kappa shape index (κ2) is 55.3. The highest BCUT2D eigenvalue weighted by Gasteiger charge is 2.44. The normalized spacial score (nSPS) is 19.0. The Labute approximate surface area is 471 Å². The van der Waals surface area contributed by atoms with E-state index >= 15 is 0 Å². The first-order valence-electron chi connectivity index (χ1n) is 32.0. The van der Waals surface area contributed by atoms with Gasteiger partial charge in [0.1, 0.15) is 24.4 Å². The molecule has 6 N–H and O–H groups in total. The van der Waals surface area contributed by atoms with E-state index in [9.17, 15) is 35.1 Å². The zero-order valence-corrected chi connectivity index (χ0v) is 49.4. The minimum absolute atomic E-state index is 0.00732. The Bertz CT molecular complexity index is 1460. The molecule has 0 saturated carbocycles. The number of carbonyl (C=O) groups excluding carboxylic acids is 2. The fourth-order valence-corrected chi connectivity index (χ4v) is 9.82. The third-order valence-corrected chi connectivity index (χ3v) is 14.9. The molecule has 0 aromatic carbocycles. The van der Waals surface area contributed by atoms with Crippen molar-refractivity contribution < 1.29 is 49.3 Å². The van der Waals surface area contributed by atoms with Crippen LogP contribution in [0.4, 0.5) is 0 Å². The Morgan fingerprint density at radius 1 is 0.494 bits per heavy atom. The van der Waals surface area contributed by atoms with E-state index in [-0.39, 0.29) is 18.5 Å². The first-order valence-corrected chi connectivity index (χ1v) is 32.0. The molecule has 1 aliphatic rings. The van der Waals surface area contributed by atoms with Gasteiger partial charge in [0.25, 0.3) is 0 Å². The molecule has 1 aliphatic heterocycles. The summed E-state index contributed by atoms with van der Waals surface area (Å²) in [5.41, 5.74) is 0. The van der Waals surface area contributed by atoms with E-state index in [4.69, 9.17) is 14.2 Å². The van der Waals surface area contributed by atoms with Crippen molar-refractivity contribution in [2.24, 2.45) is 0 Å². The van der Waals surface area contributed by atoms with Gasteiger partial charge in [-0.15, -0.1) is 0 Å². The summed E-state index contributed by atoms with van der Waals surface area (Å²) in [7, 11) is 0. The number of ether oxygens (including phenoxy) is 3. The number of hydrogen-bond donors (Lipinski definition) is 6. The van der Waals surface area contributed by atoms with E-state index in [0.717, 1.165) is 77.0 Å². The smallest absolute Gasteiger partial charge is 0.305 e. The van der Waals surface area contributed by atoms with E-state index in [1.54, 1.807) is 6.08 Å².